The number of fused-ring (bicyclic) bond motifs is 1. The van der Waals surface area contributed by atoms with Crippen LogP contribution in [0.5, 0.6) is 5.75 Å². The maximum atomic E-state index is 11.7. The molecule has 0 radical (unpaired) electrons. The zero-order valence-corrected chi connectivity index (χ0v) is 8.53. The maximum Gasteiger partial charge on any atom is 0.163 e. The van der Waals surface area contributed by atoms with Gasteiger partial charge in [-0.25, -0.2) is 0 Å². The van der Waals surface area contributed by atoms with Crippen LogP contribution in [0.2, 0.25) is 0 Å². The van der Waals surface area contributed by atoms with Gasteiger partial charge in [-0.3, -0.25) is 4.79 Å². The number of phenols is 1. The van der Waals surface area contributed by atoms with Gasteiger partial charge in [-0.2, -0.15) is 0 Å². The first-order chi connectivity index (χ1) is 7.24. The average molecular weight is 200 g/mol. The third-order valence-electron chi connectivity index (χ3n) is 2.52. The third kappa shape index (κ3) is 1.59. The lowest BCUT2D eigenvalue weighted by Gasteiger charge is -2.05. The molecule has 0 saturated carbocycles. The number of aromatic hydroxyl groups is 1. The first-order valence-electron chi connectivity index (χ1n) is 4.98. The molecule has 0 amide bonds. The zero-order valence-electron chi connectivity index (χ0n) is 8.53. The summed E-state index contributed by atoms with van der Waals surface area (Å²) in [5.74, 6) is 0.324. The van der Waals surface area contributed by atoms with E-state index in [1.807, 2.05) is 31.2 Å². The van der Waals surface area contributed by atoms with Gasteiger partial charge in [-0.1, -0.05) is 31.2 Å². The molecule has 0 atom stereocenters. The number of rotatable bonds is 2. The molecule has 0 unspecified atom stereocenters. The van der Waals surface area contributed by atoms with E-state index in [0.717, 1.165) is 10.8 Å². The summed E-state index contributed by atoms with van der Waals surface area (Å²) in [5, 5.41) is 11.2. The Hall–Kier alpha value is -1.83. The van der Waals surface area contributed by atoms with Crippen molar-refractivity contribution in [3.63, 3.8) is 0 Å². The molecule has 2 heteroatoms. The summed E-state index contributed by atoms with van der Waals surface area (Å²) in [6.07, 6.45) is 0.481. The van der Waals surface area contributed by atoms with E-state index >= 15 is 0 Å². The lowest BCUT2D eigenvalue weighted by molar-refractivity contribution is 0.0990. The molecule has 0 fully saturated rings. The molecule has 0 aliphatic heterocycles. The molecule has 2 aromatic rings. The van der Waals surface area contributed by atoms with Crippen LogP contribution in [0.4, 0.5) is 0 Å². The summed E-state index contributed by atoms with van der Waals surface area (Å²) in [6.45, 7) is 1.84. The Bertz CT molecular complexity index is 515. The summed E-state index contributed by atoms with van der Waals surface area (Å²) in [4.78, 5) is 11.7. The molecule has 15 heavy (non-hydrogen) atoms. The van der Waals surface area contributed by atoms with Crippen LogP contribution in [0.3, 0.4) is 0 Å². The van der Waals surface area contributed by atoms with Crippen LogP contribution in [-0.2, 0) is 0 Å². The minimum atomic E-state index is 0.103. The van der Waals surface area contributed by atoms with Crippen LogP contribution in [0.1, 0.15) is 23.7 Å². The molecule has 0 aliphatic rings. The van der Waals surface area contributed by atoms with E-state index in [1.165, 1.54) is 0 Å². The first-order valence-corrected chi connectivity index (χ1v) is 4.98. The van der Waals surface area contributed by atoms with Crippen LogP contribution in [0.15, 0.2) is 36.4 Å². The molecule has 2 rings (SSSR count). The van der Waals surface area contributed by atoms with Crippen molar-refractivity contribution >= 4 is 16.6 Å². The molecule has 0 aliphatic carbocycles. The van der Waals surface area contributed by atoms with E-state index in [4.69, 9.17) is 0 Å². The van der Waals surface area contributed by atoms with E-state index in [-0.39, 0.29) is 11.5 Å². The van der Waals surface area contributed by atoms with Crippen molar-refractivity contribution in [1.29, 1.82) is 0 Å². The number of carbonyl (C=O) groups excluding carboxylic acids is 1. The second kappa shape index (κ2) is 3.73. The molecule has 0 saturated heterocycles. The number of phenolic OH excluding ortho intramolecular Hbond substituents is 1. The van der Waals surface area contributed by atoms with Gasteiger partial charge in [-0.15, -0.1) is 0 Å². The van der Waals surface area contributed by atoms with Gasteiger partial charge in [0.05, 0.1) is 0 Å². The molecule has 1 N–H and O–H groups in total. The number of ketones is 1. The van der Waals surface area contributed by atoms with Gasteiger partial charge < -0.3 is 5.11 Å². The van der Waals surface area contributed by atoms with E-state index in [1.54, 1.807) is 12.1 Å². The quantitative estimate of drug-likeness (QED) is 0.756. The Labute approximate surface area is 88.2 Å². The summed E-state index contributed by atoms with van der Waals surface area (Å²) in [6, 6.07) is 10.7. The summed E-state index contributed by atoms with van der Waals surface area (Å²) in [5.41, 5.74) is 0.686. The van der Waals surface area contributed by atoms with Gasteiger partial charge in [-0.05, 0) is 17.5 Å². The first kappa shape index (κ1) is 9.71. The van der Waals surface area contributed by atoms with E-state index < -0.39 is 0 Å². The fourth-order valence-corrected chi connectivity index (χ4v) is 1.72. The number of hydrogen-bond donors (Lipinski definition) is 1. The Morgan fingerprint density at radius 2 is 1.80 bits per heavy atom. The fourth-order valence-electron chi connectivity index (χ4n) is 1.72. The Morgan fingerprint density at radius 3 is 2.47 bits per heavy atom. The molecule has 2 aromatic carbocycles. The van der Waals surface area contributed by atoms with Crippen molar-refractivity contribution in [2.24, 2.45) is 0 Å². The summed E-state index contributed by atoms with van der Waals surface area (Å²) in [7, 11) is 0. The number of carbonyl (C=O) groups is 1. The number of hydrogen-bond acceptors (Lipinski definition) is 2. The van der Waals surface area contributed by atoms with Crippen molar-refractivity contribution in [2.75, 3.05) is 0 Å². The van der Waals surface area contributed by atoms with Crippen LogP contribution < -0.4 is 0 Å². The third-order valence-corrected chi connectivity index (χ3v) is 2.52. The van der Waals surface area contributed by atoms with Crippen molar-refractivity contribution in [1.82, 2.24) is 0 Å². The van der Waals surface area contributed by atoms with Gasteiger partial charge in [0.15, 0.2) is 5.78 Å². The van der Waals surface area contributed by atoms with Crippen LogP contribution in [0.25, 0.3) is 10.8 Å². The van der Waals surface area contributed by atoms with Crippen molar-refractivity contribution in [3.05, 3.63) is 42.0 Å². The molecular weight excluding hydrogens is 188 g/mol. The second-order valence-corrected chi connectivity index (χ2v) is 3.45. The summed E-state index contributed by atoms with van der Waals surface area (Å²) < 4.78 is 0. The highest BCUT2D eigenvalue weighted by Crippen LogP contribution is 2.27. The smallest absolute Gasteiger partial charge is 0.163 e. The molecule has 2 nitrogen and oxygen atoms in total. The Balaban J connectivity index is 2.77. The Kier molecular flexibility index (Phi) is 2.42. The highest BCUT2D eigenvalue weighted by Gasteiger charge is 2.09. The average Bonchev–Trinajstić information content (AvgIpc) is 2.29. The van der Waals surface area contributed by atoms with Crippen molar-refractivity contribution in [3.8, 4) is 5.75 Å². The standard InChI is InChI=1S/C13H12O2/c1-2-12(14)11-7-8-13(15)10-6-4-3-5-9(10)11/h3-8,15H,2H2,1H3. The van der Waals surface area contributed by atoms with Crippen LogP contribution >= 0.6 is 0 Å². The maximum absolute atomic E-state index is 11.7. The van der Waals surface area contributed by atoms with Gasteiger partial charge >= 0.3 is 0 Å². The lowest BCUT2D eigenvalue weighted by atomic mass is 10.00. The number of Topliss-reactive ketones (excluding diaryl/α,β-unsaturated/α-hetero) is 1. The molecular formula is C13H12O2. The molecule has 0 heterocycles. The van der Waals surface area contributed by atoms with Gasteiger partial charge in [0, 0.05) is 17.4 Å². The minimum absolute atomic E-state index is 0.103. The van der Waals surface area contributed by atoms with Gasteiger partial charge in [0.2, 0.25) is 0 Å². The molecule has 0 bridgehead atoms. The SMILES string of the molecule is CCC(=O)c1ccc(O)c2ccccc12. The second-order valence-electron chi connectivity index (χ2n) is 3.45. The van der Waals surface area contributed by atoms with Crippen molar-refractivity contribution in [2.45, 2.75) is 13.3 Å². The zero-order chi connectivity index (χ0) is 10.8. The fraction of sp³-hybridized carbons (Fsp3) is 0.154. The predicted molar refractivity (Wildman–Crippen MR) is 60.2 cm³/mol. The highest BCUT2D eigenvalue weighted by atomic mass is 16.3. The van der Waals surface area contributed by atoms with Gasteiger partial charge in [0.25, 0.3) is 0 Å². The van der Waals surface area contributed by atoms with Crippen molar-refractivity contribution < 1.29 is 9.90 Å². The largest absolute Gasteiger partial charge is 0.507 e. The van der Waals surface area contributed by atoms with E-state index in [9.17, 15) is 9.90 Å². The highest BCUT2D eigenvalue weighted by molar-refractivity contribution is 6.09. The topological polar surface area (TPSA) is 37.3 Å². The van der Waals surface area contributed by atoms with E-state index in [0.29, 0.717) is 12.0 Å². The predicted octanol–water partition coefficient (Wildman–Crippen LogP) is 3.14. The molecule has 76 valence electrons. The Morgan fingerprint density at radius 1 is 1.13 bits per heavy atom. The summed E-state index contributed by atoms with van der Waals surface area (Å²) >= 11 is 0. The minimum Gasteiger partial charge on any atom is -0.507 e. The normalized spacial score (nSPS) is 10.5. The monoisotopic (exact) mass is 200 g/mol. The number of benzene rings is 2. The molecule has 0 spiro atoms. The van der Waals surface area contributed by atoms with Crippen LogP contribution in [0, 0.1) is 0 Å². The van der Waals surface area contributed by atoms with E-state index in [2.05, 4.69) is 0 Å². The van der Waals surface area contributed by atoms with Crippen LogP contribution in [-0.4, -0.2) is 10.9 Å². The molecule has 0 aromatic heterocycles. The lowest BCUT2D eigenvalue weighted by Crippen LogP contribution is -1.97. The van der Waals surface area contributed by atoms with Gasteiger partial charge in [0.1, 0.15) is 5.75 Å².